The van der Waals surface area contributed by atoms with E-state index in [4.69, 9.17) is 16.7 Å². The number of hydrogen-bond donors (Lipinski definition) is 1. The van der Waals surface area contributed by atoms with Crippen molar-refractivity contribution in [2.45, 2.75) is 43.9 Å². The smallest absolute Gasteiger partial charge is 0.325 e. The number of hydrogen-bond acceptors (Lipinski definition) is 1. The van der Waals surface area contributed by atoms with E-state index in [1.807, 2.05) is 0 Å². The number of aliphatic carboxylic acids is 1. The van der Waals surface area contributed by atoms with Crippen LogP contribution in [0.3, 0.4) is 0 Å². The quantitative estimate of drug-likeness (QED) is 0.535. The SMILES string of the molecule is CCCCCC1CC1(Cl)C(=O)O. The lowest BCUT2D eigenvalue weighted by Crippen LogP contribution is -2.17. The van der Waals surface area contributed by atoms with Gasteiger partial charge in [-0.25, -0.2) is 0 Å². The minimum atomic E-state index is -0.895. The molecule has 1 aliphatic rings. The zero-order chi connectivity index (χ0) is 9.19. The maximum absolute atomic E-state index is 10.6. The second-order valence-electron chi connectivity index (χ2n) is 3.56. The van der Waals surface area contributed by atoms with Crippen LogP contribution in [0.1, 0.15) is 39.0 Å². The molecule has 0 aromatic rings. The van der Waals surface area contributed by atoms with Gasteiger partial charge in [-0.3, -0.25) is 4.79 Å². The Hall–Kier alpha value is -0.240. The van der Waals surface area contributed by atoms with Gasteiger partial charge in [-0.1, -0.05) is 26.2 Å². The van der Waals surface area contributed by atoms with Gasteiger partial charge in [0, 0.05) is 0 Å². The summed E-state index contributed by atoms with van der Waals surface area (Å²) < 4.78 is 0. The summed E-state index contributed by atoms with van der Waals surface area (Å²) in [5.74, 6) is -0.617. The molecule has 12 heavy (non-hydrogen) atoms. The fourth-order valence-electron chi connectivity index (χ4n) is 1.53. The molecule has 1 saturated carbocycles. The molecule has 0 saturated heterocycles. The molecule has 0 spiro atoms. The molecule has 1 rings (SSSR count). The molecule has 0 radical (unpaired) electrons. The molecule has 0 heterocycles. The van der Waals surface area contributed by atoms with Crippen molar-refractivity contribution < 1.29 is 9.90 Å². The van der Waals surface area contributed by atoms with Gasteiger partial charge in [0.2, 0.25) is 0 Å². The average molecular weight is 191 g/mol. The van der Waals surface area contributed by atoms with Crippen molar-refractivity contribution in [3.63, 3.8) is 0 Å². The summed E-state index contributed by atoms with van der Waals surface area (Å²) in [6, 6.07) is 0. The Kier molecular flexibility index (Phi) is 2.99. The molecule has 0 aromatic carbocycles. The maximum Gasteiger partial charge on any atom is 0.325 e. The van der Waals surface area contributed by atoms with Crippen molar-refractivity contribution in [1.29, 1.82) is 0 Å². The van der Waals surface area contributed by atoms with Crippen LogP contribution in [0.4, 0.5) is 0 Å². The molecule has 2 nitrogen and oxygen atoms in total. The first-order valence-corrected chi connectivity index (χ1v) is 4.91. The van der Waals surface area contributed by atoms with Gasteiger partial charge in [0.05, 0.1) is 0 Å². The Labute approximate surface area is 77.9 Å². The van der Waals surface area contributed by atoms with Crippen LogP contribution in [-0.4, -0.2) is 16.0 Å². The molecule has 0 bridgehead atoms. The first-order chi connectivity index (χ1) is 5.61. The standard InChI is InChI=1S/C9H15ClO2/c1-2-3-4-5-7-6-9(7,10)8(11)12/h7H,2-6H2,1H3,(H,11,12). The zero-order valence-corrected chi connectivity index (χ0v) is 8.10. The predicted molar refractivity (Wildman–Crippen MR) is 48.5 cm³/mol. The van der Waals surface area contributed by atoms with Gasteiger partial charge in [0.1, 0.15) is 4.87 Å². The van der Waals surface area contributed by atoms with Gasteiger partial charge < -0.3 is 5.11 Å². The Bertz CT molecular complexity index is 181. The van der Waals surface area contributed by atoms with Gasteiger partial charge in [-0.15, -0.1) is 11.6 Å². The summed E-state index contributed by atoms with van der Waals surface area (Å²) in [5, 5.41) is 8.71. The van der Waals surface area contributed by atoms with E-state index in [-0.39, 0.29) is 5.92 Å². The monoisotopic (exact) mass is 190 g/mol. The summed E-state index contributed by atoms with van der Waals surface area (Å²) in [6.45, 7) is 2.14. The average Bonchev–Trinajstić information content (AvgIpc) is 2.64. The Morgan fingerprint density at radius 3 is 2.75 bits per heavy atom. The molecule has 1 fully saturated rings. The van der Waals surface area contributed by atoms with E-state index >= 15 is 0 Å². The van der Waals surface area contributed by atoms with Crippen LogP contribution < -0.4 is 0 Å². The highest BCUT2D eigenvalue weighted by Crippen LogP contribution is 2.52. The number of unbranched alkanes of at least 4 members (excludes halogenated alkanes) is 2. The first-order valence-electron chi connectivity index (χ1n) is 4.53. The topological polar surface area (TPSA) is 37.3 Å². The van der Waals surface area contributed by atoms with Gasteiger partial charge in [-0.05, 0) is 18.8 Å². The number of rotatable bonds is 5. The lowest BCUT2D eigenvalue weighted by molar-refractivity contribution is -0.137. The van der Waals surface area contributed by atoms with Crippen molar-refractivity contribution in [3.8, 4) is 0 Å². The number of carbonyl (C=O) groups is 1. The van der Waals surface area contributed by atoms with Crippen LogP contribution in [0.15, 0.2) is 0 Å². The fourth-order valence-corrected chi connectivity index (χ4v) is 1.83. The molecule has 0 amide bonds. The molecule has 1 aliphatic carbocycles. The number of alkyl halides is 1. The third kappa shape index (κ3) is 1.92. The molecule has 0 aromatic heterocycles. The van der Waals surface area contributed by atoms with Crippen LogP contribution in [-0.2, 0) is 4.79 Å². The third-order valence-electron chi connectivity index (χ3n) is 2.54. The predicted octanol–water partition coefficient (Wildman–Crippen LogP) is 2.65. The lowest BCUT2D eigenvalue weighted by atomic mass is 10.1. The molecule has 70 valence electrons. The van der Waals surface area contributed by atoms with Crippen LogP contribution in [0.2, 0.25) is 0 Å². The first kappa shape index (κ1) is 9.85. The summed E-state index contributed by atoms with van der Waals surface area (Å²) in [4.78, 5) is 9.70. The number of halogens is 1. The Morgan fingerprint density at radius 2 is 2.33 bits per heavy atom. The van der Waals surface area contributed by atoms with E-state index < -0.39 is 10.8 Å². The third-order valence-corrected chi connectivity index (χ3v) is 3.17. The van der Waals surface area contributed by atoms with Crippen molar-refractivity contribution >= 4 is 17.6 Å². The number of carboxylic acid groups (broad SMARTS) is 1. The Morgan fingerprint density at radius 1 is 1.67 bits per heavy atom. The highest BCUT2D eigenvalue weighted by Gasteiger charge is 2.58. The minimum absolute atomic E-state index is 0.225. The van der Waals surface area contributed by atoms with E-state index in [0.717, 1.165) is 12.8 Å². The zero-order valence-electron chi connectivity index (χ0n) is 7.35. The fraction of sp³-hybridized carbons (Fsp3) is 0.889. The van der Waals surface area contributed by atoms with Gasteiger partial charge in [0.15, 0.2) is 0 Å². The van der Waals surface area contributed by atoms with Crippen LogP contribution in [0.5, 0.6) is 0 Å². The molecule has 2 unspecified atom stereocenters. The van der Waals surface area contributed by atoms with Crippen LogP contribution >= 0.6 is 11.6 Å². The van der Waals surface area contributed by atoms with Crippen molar-refractivity contribution in [1.82, 2.24) is 0 Å². The van der Waals surface area contributed by atoms with Crippen LogP contribution in [0.25, 0.3) is 0 Å². The highest BCUT2D eigenvalue weighted by atomic mass is 35.5. The van der Waals surface area contributed by atoms with E-state index in [1.165, 1.54) is 12.8 Å². The molecule has 2 atom stereocenters. The maximum atomic E-state index is 10.6. The lowest BCUT2D eigenvalue weighted by Gasteiger charge is -2.01. The van der Waals surface area contributed by atoms with E-state index in [2.05, 4.69) is 6.92 Å². The van der Waals surface area contributed by atoms with Gasteiger partial charge in [-0.2, -0.15) is 0 Å². The second-order valence-corrected chi connectivity index (χ2v) is 4.24. The molecular formula is C9H15ClO2. The van der Waals surface area contributed by atoms with Crippen molar-refractivity contribution in [3.05, 3.63) is 0 Å². The highest BCUT2D eigenvalue weighted by molar-refractivity contribution is 6.36. The van der Waals surface area contributed by atoms with Gasteiger partial charge in [0.25, 0.3) is 0 Å². The summed E-state index contributed by atoms with van der Waals surface area (Å²) in [5.41, 5.74) is 0. The number of carboxylic acids is 1. The summed E-state index contributed by atoms with van der Waals surface area (Å²) >= 11 is 5.82. The molecule has 1 N–H and O–H groups in total. The van der Waals surface area contributed by atoms with E-state index in [0.29, 0.717) is 6.42 Å². The normalized spacial score (nSPS) is 33.3. The Balaban J connectivity index is 2.19. The molecule has 3 heteroatoms. The minimum Gasteiger partial charge on any atom is -0.480 e. The molecule has 0 aliphatic heterocycles. The second kappa shape index (κ2) is 3.65. The summed E-state index contributed by atoms with van der Waals surface area (Å²) in [6.07, 6.45) is 5.11. The van der Waals surface area contributed by atoms with Gasteiger partial charge >= 0.3 is 5.97 Å². The molecular weight excluding hydrogens is 176 g/mol. The van der Waals surface area contributed by atoms with E-state index in [9.17, 15) is 4.79 Å². The van der Waals surface area contributed by atoms with Crippen molar-refractivity contribution in [2.75, 3.05) is 0 Å². The largest absolute Gasteiger partial charge is 0.480 e. The van der Waals surface area contributed by atoms with E-state index in [1.54, 1.807) is 0 Å². The van der Waals surface area contributed by atoms with Crippen molar-refractivity contribution in [2.24, 2.45) is 5.92 Å². The summed E-state index contributed by atoms with van der Waals surface area (Å²) in [7, 11) is 0. The van der Waals surface area contributed by atoms with Crippen LogP contribution in [0, 0.1) is 5.92 Å².